The molecule has 1 aliphatic carbocycles. The summed E-state index contributed by atoms with van der Waals surface area (Å²) in [5, 5.41) is 5.83. The molecule has 3 rings (SSSR count). The summed E-state index contributed by atoms with van der Waals surface area (Å²) >= 11 is 0. The summed E-state index contributed by atoms with van der Waals surface area (Å²) in [6.45, 7) is 10.5. The summed E-state index contributed by atoms with van der Waals surface area (Å²) in [5.41, 5.74) is 2.06. The third kappa shape index (κ3) is 5.50. The SMILES string of the molecule is C=CCC1CN(C2CCCC2)C(=N/C(=C)Nc2ccc(NC=O)cc2OC)/C(=C\C)N(C)C1=O. The zero-order valence-electron chi connectivity index (χ0n) is 20.3. The Morgan fingerprint density at radius 1 is 1.32 bits per heavy atom. The molecular weight excluding hydrogens is 430 g/mol. The van der Waals surface area contributed by atoms with Gasteiger partial charge in [0, 0.05) is 31.4 Å². The smallest absolute Gasteiger partial charge is 0.232 e. The van der Waals surface area contributed by atoms with Gasteiger partial charge in [0.2, 0.25) is 12.3 Å². The Bertz CT molecular complexity index is 994. The number of nitrogens with one attached hydrogen (secondary N) is 2. The fourth-order valence-corrected chi connectivity index (χ4v) is 4.71. The molecule has 1 aromatic rings. The van der Waals surface area contributed by atoms with Gasteiger partial charge in [0.15, 0.2) is 5.84 Å². The number of allylic oxidation sites excluding steroid dienone is 2. The minimum absolute atomic E-state index is 0.0692. The molecule has 182 valence electrons. The molecule has 8 heteroatoms. The minimum atomic E-state index is -0.176. The first-order valence-corrected chi connectivity index (χ1v) is 11.7. The van der Waals surface area contributed by atoms with E-state index in [2.05, 4.69) is 28.7 Å². The predicted molar refractivity (Wildman–Crippen MR) is 137 cm³/mol. The van der Waals surface area contributed by atoms with Crippen LogP contribution < -0.4 is 15.4 Å². The molecular formula is C26H35N5O3. The van der Waals surface area contributed by atoms with Crippen molar-refractivity contribution >= 4 is 29.5 Å². The third-order valence-corrected chi connectivity index (χ3v) is 6.40. The normalized spacial score (nSPS) is 21.5. The van der Waals surface area contributed by atoms with Crippen molar-refractivity contribution in [2.45, 2.75) is 45.1 Å². The minimum Gasteiger partial charge on any atom is -0.494 e. The van der Waals surface area contributed by atoms with Gasteiger partial charge in [-0.1, -0.05) is 31.6 Å². The van der Waals surface area contributed by atoms with Crippen LogP contribution in [0.1, 0.15) is 39.0 Å². The highest BCUT2D eigenvalue weighted by molar-refractivity contribution is 6.04. The number of amidine groups is 1. The lowest BCUT2D eigenvalue weighted by atomic mass is 10.0. The number of anilines is 2. The van der Waals surface area contributed by atoms with Crippen molar-refractivity contribution in [3.05, 3.63) is 55.0 Å². The largest absolute Gasteiger partial charge is 0.494 e. The number of ether oxygens (including phenoxy) is 1. The average Bonchev–Trinajstić information content (AvgIpc) is 3.34. The molecule has 2 aliphatic rings. The first-order valence-electron chi connectivity index (χ1n) is 11.7. The fourth-order valence-electron chi connectivity index (χ4n) is 4.71. The first kappa shape index (κ1) is 25.1. The molecule has 0 spiro atoms. The number of aliphatic imine (C=N–C) groups is 1. The number of hydrogen-bond acceptors (Lipinski definition) is 5. The number of hydrogen-bond donors (Lipinski definition) is 2. The topological polar surface area (TPSA) is 86.3 Å². The van der Waals surface area contributed by atoms with Gasteiger partial charge in [-0.05, 0) is 38.3 Å². The summed E-state index contributed by atoms with van der Waals surface area (Å²) in [6.07, 6.45) is 9.49. The number of carbonyl (C=O) groups excluding carboxylic acids is 2. The number of carbonyl (C=O) groups is 2. The van der Waals surface area contributed by atoms with Gasteiger partial charge in [-0.3, -0.25) is 9.59 Å². The Hall–Kier alpha value is -3.55. The van der Waals surface area contributed by atoms with Gasteiger partial charge in [-0.15, -0.1) is 6.58 Å². The quantitative estimate of drug-likeness (QED) is 0.418. The molecule has 2 amide bonds. The number of amides is 2. The average molecular weight is 466 g/mol. The summed E-state index contributed by atoms with van der Waals surface area (Å²) in [4.78, 5) is 32.9. The Labute approximate surface area is 202 Å². The van der Waals surface area contributed by atoms with E-state index in [4.69, 9.17) is 9.73 Å². The monoisotopic (exact) mass is 465 g/mol. The Kier molecular flexibility index (Phi) is 8.51. The summed E-state index contributed by atoms with van der Waals surface area (Å²) in [5.74, 6) is 1.61. The van der Waals surface area contributed by atoms with E-state index in [0.29, 0.717) is 48.4 Å². The van der Waals surface area contributed by atoms with E-state index in [1.807, 2.05) is 19.1 Å². The number of likely N-dealkylation sites (N-methyl/N-ethyl adjacent to an activating group) is 1. The van der Waals surface area contributed by atoms with E-state index in [1.54, 1.807) is 37.3 Å². The van der Waals surface area contributed by atoms with Gasteiger partial charge < -0.3 is 25.2 Å². The molecule has 0 bridgehead atoms. The summed E-state index contributed by atoms with van der Waals surface area (Å²) < 4.78 is 5.47. The van der Waals surface area contributed by atoms with Crippen LogP contribution in [0.5, 0.6) is 5.75 Å². The highest BCUT2D eigenvalue weighted by Crippen LogP contribution is 2.32. The Morgan fingerprint density at radius 2 is 2.06 bits per heavy atom. The van der Waals surface area contributed by atoms with Crippen LogP contribution in [0, 0.1) is 5.92 Å². The zero-order chi connectivity index (χ0) is 24.7. The van der Waals surface area contributed by atoms with Crippen molar-refractivity contribution in [3.63, 3.8) is 0 Å². The van der Waals surface area contributed by atoms with E-state index in [9.17, 15) is 9.59 Å². The molecule has 1 saturated carbocycles. The lowest BCUT2D eigenvalue weighted by molar-refractivity contribution is -0.131. The third-order valence-electron chi connectivity index (χ3n) is 6.40. The van der Waals surface area contributed by atoms with Crippen LogP contribution >= 0.6 is 0 Å². The van der Waals surface area contributed by atoms with Crippen LogP contribution in [0.3, 0.4) is 0 Å². The van der Waals surface area contributed by atoms with Gasteiger partial charge in [-0.2, -0.15) is 0 Å². The van der Waals surface area contributed by atoms with Crippen molar-refractivity contribution in [1.82, 2.24) is 9.80 Å². The second kappa shape index (κ2) is 11.5. The zero-order valence-corrected chi connectivity index (χ0v) is 20.3. The van der Waals surface area contributed by atoms with Crippen molar-refractivity contribution in [3.8, 4) is 5.75 Å². The van der Waals surface area contributed by atoms with Crippen LogP contribution in [0.25, 0.3) is 0 Å². The maximum absolute atomic E-state index is 13.2. The van der Waals surface area contributed by atoms with E-state index < -0.39 is 0 Å². The van der Waals surface area contributed by atoms with Crippen LogP contribution in [-0.2, 0) is 9.59 Å². The lowest BCUT2D eigenvalue weighted by Gasteiger charge is -2.32. The van der Waals surface area contributed by atoms with Crippen molar-refractivity contribution in [2.75, 3.05) is 31.3 Å². The van der Waals surface area contributed by atoms with Crippen molar-refractivity contribution in [2.24, 2.45) is 10.9 Å². The molecule has 1 heterocycles. The lowest BCUT2D eigenvalue weighted by Crippen LogP contribution is -2.42. The van der Waals surface area contributed by atoms with Crippen molar-refractivity contribution < 1.29 is 14.3 Å². The second-order valence-electron chi connectivity index (χ2n) is 8.57. The highest BCUT2D eigenvalue weighted by Gasteiger charge is 2.37. The number of methoxy groups -OCH3 is 1. The molecule has 1 atom stereocenters. The molecule has 2 N–H and O–H groups in total. The van der Waals surface area contributed by atoms with E-state index in [0.717, 1.165) is 24.4 Å². The van der Waals surface area contributed by atoms with Crippen LogP contribution in [0.2, 0.25) is 0 Å². The molecule has 8 nitrogen and oxygen atoms in total. The van der Waals surface area contributed by atoms with Crippen LogP contribution in [0.15, 0.2) is 60.0 Å². The Balaban J connectivity index is 1.97. The maximum atomic E-state index is 13.2. The maximum Gasteiger partial charge on any atom is 0.232 e. The van der Waals surface area contributed by atoms with Gasteiger partial charge in [0.05, 0.1) is 24.4 Å². The Morgan fingerprint density at radius 3 is 2.68 bits per heavy atom. The number of nitrogens with zero attached hydrogens (tertiary/aromatic N) is 3. The molecule has 34 heavy (non-hydrogen) atoms. The van der Waals surface area contributed by atoms with Crippen LogP contribution in [-0.4, -0.2) is 54.7 Å². The highest BCUT2D eigenvalue weighted by atomic mass is 16.5. The second-order valence-corrected chi connectivity index (χ2v) is 8.57. The molecule has 1 aromatic carbocycles. The van der Waals surface area contributed by atoms with Gasteiger partial charge in [0.1, 0.15) is 11.6 Å². The predicted octanol–water partition coefficient (Wildman–Crippen LogP) is 4.36. The molecule has 1 saturated heterocycles. The van der Waals surface area contributed by atoms with E-state index >= 15 is 0 Å². The molecule has 1 unspecified atom stereocenters. The van der Waals surface area contributed by atoms with E-state index in [-0.39, 0.29) is 11.8 Å². The molecule has 1 aliphatic heterocycles. The fraction of sp³-hybridized carbons (Fsp3) is 0.423. The van der Waals surface area contributed by atoms with Crippen molar-refractivity contribution in [1.29, 1.82) is 0 Å². The van der Waals surface area contributed by atoms with Gasteiger partial charge >= 0.3 is 0 Å². The van der Waals surface area contributed by atoms with E-state index in [1.165, 1.54) is 12.8 Å². The standard InChI is InChI=1S/C26H35N5O3/c1-6-10-19-16-31(21-11-8-9-12-21)25(23(7-2)30(4)26(19)33)29-18(3)28-22-14-13-20(27-17-32)15-24(22)34-5/h6-7,13-15,17,19,21,28H,1,3,8-12,16H2,2,4-5H3,(H,27,32)/b23-7+,29-25+. The molecule has 0 radical (unpaired) electrons. The molecule has 2 fully saturated rings. The van der Waals surface area contributed by atoms with Gasteiger partial charge in [-0.25, -0.2) is 4.99 Å². The number of rotatable bonds is 9. The summed E-state index contributed by atoms with van der Waals surface area (Å²) in [6, 6.07) is 5.61. The first-order chi connectivity index (χ1) is 16.4. The summed E-state index contributed by atoms with van der Waals surface area (Å²) in [7, 11) is 3.37. The van der Waals surface area contributed by atoms with Crippen LogP contribution in [0.4, 0.5) is 11.4 Å². The number of benzene rings is 1. The molecule has 0 aromatic heterocycles. The van der Waals surface area contributed by atoms with Gasteiger partial charge in [0.25, 0.3) is 0 Å².